The van der Waals surface area contributed by atoms with Crippen molar-refractivity contribution in [3.05, 3.63) is 60.4 Å². The molecule has 0 saturated carbocycles. The minimum Gasteiger partial charge on any atom is -0.311 e. The molecule has 0 spiro atoms. The number of hydrogen-bond donors (Lipinski definition) is 1. The highest BCUT2D eigenvalue weighted by Gasteiger charge is 2.13. The second-order valence-electron chi connectivity index (χ2n) is 3.67. The van der Waals surface area contributed by atoms with Gasteiger partial charge in [0.2, 0.25) is 12.4 Å². The van der Waals surface area contributed by atoms with E-state index < -0.39 is 0 Å². The Labute approximate surface area is 99.3 Å². The highest BCUT2D eigenvalue weighted by molar-refractivity contribution is 6.05. The maximum Gasteiger partial charge on any atom is 0.258 e. The van der Waals surface area contributed by atoms with Gasteiger partial charge in [-0.15, -0.1) is 0 Å². The number of hydrogen-bond acceptors (Lipinski definition) is 2. The summed E-state index contributed by atoms with van der Waals surface area (Å²) >= 11 is 0. The van der Waals surface area contributed by atoms with Gasteiger partial charge in [0, 0.05) is 29.5 Å². The molecule has 0 bridgehead atoms. The normalized spacial score (nSPS) is 9.94. The van der Waals surface area contributed by atoms with Crippen LogP contribution in [-0.2, 0) is 0 Å². The van der Waals surface area contributed by atoms with Gasteiger partial charge < -0.3 is 4.90 Å². The van der Waals surface area contributed by atoms with Crippen molar-refractivity contribution >= 4 is 11.6 Å². The van der Waals surface area contributed by atoms with Crippen molar-refractivity contribution in [3.8, 4) is 0 Å². The molecule has 86 valence electrons. The monoisotopic (exact) mass is 229 g/mol. The lowest BCUT2D eigenvalue weighted by Gasteiger charge is -2.16. The minimum absolute atomic E-state index is 0.0821. The van der Waals surface area contributed by atoms with Crippen LogP contribution < -0.4 is 9.63 Å². The summed E-state index contributed by atoms with van der Waals surface area (Å²) in [5.41, 5.74) is 1.36. The smallest absolute Gasteiger partial charge is 0.258 e. The molecule has 0 atom stereocenters. The van der Waals surface area contributed by atoms with E-state index in [0.717, 1.165) is 10.4 Å². The highest BCUT2D eigenvalue weighted by atomic mass is 16.5. The maximum atomic E-state index is 12.1. The van der Waals surface area contributed by atoms with Crippen LogP contribution in [0.15, 0.2) is 54.9 Å². The van der Waals surface area contributed by atoms with Crippen LogP contribution >= 0.6 is 0 Å². The van der Waals surface area contributed by atoms with Crippen molar-refractivity contribution in [1.82, 2.24) is 0 Å². The summed E-state index contributed by atoms with van der Waals surface area (Å²) in [6, 6.07) is 12.4. The third-order valence-corrected chi connectivity index (χ3v) is 2.51. The summed E-state index contributed by atoms with van der Waals surface area (Å²) in [7, 11) is 1.70. The van der Waals surface area contributed by atoms with Crippen LogP contribution in [0.2, 0.25) is 0 Å². The zero-order chi connectivity index (χ0) is 12.3. The summed E-state index contributed by atoms with van der Waals surface area (Å²) in [5, 5.41) is 9.11. The van der Waals surface area contributed by atoms with Crippen molar-refractivity contribution in [2.75, 3.05) is 11.9 Å². The number of pyridine rings is 1. The number of carbonyl (C=O) groups excluding carboxylic acids is 1. The SMILES string of the molecule is CN(C(=O)c1ccccc1)c1cc[n+](O)cc1. The van der Waals surface area contributed by atoms with Crippen molar-refractivity contribution in [3.63, 3.8) is 0 Å². The van der Waals surface area contributed by atoms with E-state index in [1.165, 1.54) is 17.3 Å². The van der Waals surface area contributed by atoms with Crippen LogP contribution in [0.25, 0.3) is 0 Å². The van der Waals surface area contributed by atoms with E-state index in [9.17, 15) is 4.79 Å². The summed E-state index contributed by atoms with van der Waals surface area (Å²) in [6.07, 6.45) is 2.95. The van der Waals surface area contributed by atoms with Crippen molar-refractivity contribution in [2.24, 2.45) is 0 Å². The Balaban J connectivity index is 2.23. The van der Waals surface area contributed by atoms with Gasteiger partial charge in [0.25, 0.3) is 5.91 Å². The van der Waals surface area contributed by atoms with E-state index >= 15 is 0 Å². The lowest BCUT2D eigenvalue weighted by atomic mass is 10.2. The van der Waals surface area contributed by atoms with E-state index in [0.29, 0.717) is 5.56 Å². The number of rotatable bonds is 2. The third-order valence-electron chi connectivity index (χ3n) is 2.51. The molecule has 4 heteroatoms. The molecule has 2 aromatic rings. The molecule has 1 aromatic carbocycles. The molecule has 1 heterocycles. The second-order valence-corrected chi connectivity index (χ2v) is 3.67. The van der Waals surface area contributed by atoms with Crippen LogP contribution in [0.4, 0.5) is 5.69 Å². The molecule has 17 heavy (non-hydrogen) atoms. The third kappa shape index (κ3) is 2.42. The average Bonchev–Trinajstić information content (AvgIpc) is 2.39. The predicted molar refractivity (Wildman–Crippen MR) is 63.0 cm³/mol. The van der Waals surface area contributed by atoms with E-state index in [1.54, 1.807) is 31.3 Å². The Morgan fingerprint density at radius 1 is 1.12 bits per heavy atom. The minimum atomic E-state index is -0.0821. The predicted octanol–water partition coefficient (Wildman–Crippen LogP) is 1.49. The van der Waals surface area contributed by atoms with E-state index in [2.05, 4.69) is 0 Å². The van der Waals surface area contributed by atoms with E-state index in [1.807, 2.05) is 18.2 Å². The van der Waals surface area contributed by atoms with Crippen LogP contribution in [-0.4, -0.2) is 18.2 Å². The molecule has 0 aliphatic carbocycles. The van der Waals surface area contributed by atoms with Crippen LogP contribution in [0, 0.1) is 0 Å². The first kappa shape index (κ1) is 11.1. The molecule has 0 aliphatic heterocycles. The molecule has 0 fully saturated rings. The molecule has 0 radical (unpaired) electrons. The van der Waals surface area contributed by atoms with Crippen molar-refractivity contribution < 1.29 is 14.7 Å². The molecule has 1 N–H and O–H groups in total. The average molecular weight is 229 g/mol. The molecule has 1 amide bonds. The van der Waals surface area contributed by atoms with Gasteiger partial charge >= 0.3 is 0 Å². The number of nitrogens with zero attached hydrogens (tertiary/aromatic N) is 2. The lowest BCUT2D eigenvalue weighted by Crippen LogP contribution is -2.31. The fraction of sp³-hybridized carbons (Fsp3) is 0.0769. The summed E-state index contributed by atoms with van der Waals surface area (Å²) in [6.45, 7) is 0. The Bertz CT molecular complexity index is 509. The fourth-order valence-electron chi connectivity index (χ4n) is 1.53. The largest absolute Gasteiger partial charge is 0.311 e. The Kier molecular flexibility index (Phi) is 3.05. The first-order valence-electron chi connectivity index (χ1n) is 5.22. The van der Waals surface area contributed by atoms with Crippen molar-refractivity contribution in [2.45, 2.75) is 0 Å². The van der Waals surface area contributed by atoms with Gasteiger partial charge in [-0.2, -0.15) is 0 Å². The fourth-order valence-corrected chi connectivity index (χ4v) is 1.53. The molecule has 0 aliphatic rings. The topological polar surface area (TPSA) is 44.4 Å². The maximum absolute atomic E-state index is 12.1. The molecular weight excluding hydrogens is 216 g/mol. The van der Waals surface area contributed by atoms with Crippen LogP contribution in [0.1, 0.15) is 10.4 Å². The van der Waals surface area contributed by atoms with E-state index in [-0.39, 0.29) is 5.91 Å². The molecular formula is C13H13N2O2+. The van der Waals surface area contributed by atoms with Gasteiger partial charge in [-0.1, -0.05) is 18.2 Å². The standard InChI is InChI=1S/C13H13N2O2/c1-14(12-7-9-15(17)10-8-12)13(16)11-5-3-2-4-6-11/h2-10,17H,1H3/q+1. The van der Waals surface area contributed by atoms with Gasteiger partial charge in [0.05, 0.1) is 5.69 Å². The first-order chi connectivity index (χ1) is 8.18. The molecule has 0 saturated heterocycles. The Hall–Kier alpha value is -2.36. The zero-order valence-corrected chi connectivity index (χ0v) is 9.45. The quantitative estimate of drug-likeness (QED) is 0.626. The number of carbonyl (C=O) groups is 1. The zero-order valence-electron chi connectivity index (χ0n) is 9.45. The molecule has 4 nitrogen and oxygen atoms in total. The van der Waals surface area contributed by atoms with Gasteiger partial charge in [0.1, 0.15) is 0 Å². The summed E-state index contributed by atoms with van der Waals surface area (Å²) < 4.78 is 0.935. The summed E-state index contributed by atoms with van der Waals surface area (Å²) in [4.78, 5) is 13.6. The van der Waals surface area contributed by atoms with E-state index in [4.69, 9.17) is 5.21 Å². The highest BCUT2D eigenvalue weighted by Crippen LogP contribution is 2.13. The Morgan fingerprint density at radius 3 is 2.29 bits per heavy atom. The molecule has 2 rings (SSSR count). The van der Waals surface area contributed by atoms with Gasteiger partial charge in [-0.05, 0) is 12.1 Å². The molecule has 1 aromatic heterocycles. The number of amides is 1. The summed E-state index contributed by atoms with van der Waals surface area (Å²) in [5.74, 6) is -0.0821. The van der Waals surface area contributed by atoms with Crippen molar-refractivity contribution in [1.29, 1.82) is 0 Å². The first-order valence-corrected chi connectivity index (χ1v) is 5.22. The van der Waals surface area contributed by atoms with Gasteiger partial charge in [-0.25, -0.2) is 0 Å². The van der Waals surface area contributed by atoms with Gasteiger partial charge in [0.15, 0.2) is 0 Å². The number of anilines is 1. The molecule has 0 unspecified atom stereocenters. The number of aromatic nitrogens is 1. The number of benzene rings is 1. The van der Waals surface area contributed by atoms with Crippen LogP contribution in [0.3, 0.4) is 0 Å². The van der Waals surface area contributed by atoms with Crippen LogP contribution in [0.5, 0.6) is 0 Å². The second kappa shape index (κ2) is 4.65. The lowest BCUT2D eigenvalue weighted by molar-refractivity contribution is -0.904. The van der Waals surface area contributed by atoms with Gasteiger partial charge in [-0.3, -0.25) is 10.0 Å². The Morgan fingerprint density at radius 2 is 1.71 bits per heavy atom.